The molecule has 2 heterocycles. The Morgan fingerprint density at radius 2 is 2.04 bits per heavy atom. The van der Waals surface area contributed by atoms with Crippen LogP contribution in [-0.4, -0.2) is 29.0 Å². The van der Waals surface area contributed by atoms with Gasteiger partial charge in [-0.15, -0.1) is 11.3 Å². The minimum Gasteiger partial charge on any atom is -0.463 e. The predicted molar refractivity (Wildman–Crippen MR) is 107 cm³/mol. The molecule has 28 heavy (non-hydrogen) atoms. The zero-order chi connectivity index (χ0) is 20.8. The Kier molecular flexibility index (Phi) is 5.27. The highest BCUT2D eigenvalue weighted by Gasteiger charge is 2.48. The fourth-order valence-electron chi connectivity index (χ4n) is 4.20. The third-order valence-corrected chi connectivity index (χ3v) is 6.40. The molecule has 2 atom stereocenters. The van der Waals surface area contributed by atoms with Gasteiger partial charge in [0.2, 0.25) is 0 Å². The SMILES string of the molecule is CCOC(=O)C1=C(C)N=C2CC(C)(C)CC(=O)[C@H]2[C@H]1c1cc([N+](=O)[O-])c(C)s1. The van der Waals surface area contributed by atoms with Gasteiger partial charge in [0.25, 0.3) is 5.69 Å². The maximum absolute atomic E-state index is 13.1. The number of fused-ring (bicyclic) bond motifs is 1. The molecule has 1 aliphatic carbocycles. The first kappa shape index (κ1) is 20.4. The normalized spacial score (nSPS) is 23.9. The number of carbonyl (C=O) groups excluding carboxylic acids is 2. The number of rotatable bonds is 4. The van der Waals surface area contributed by atoms with E-state index < -0.39 is 22.7 Å². The number of Topliss-reactive ketones (excluding diaryl/α,β-unsaturated/α-hetero) is 1. The molecule has 150 valence electrons. The second-order valence-corrected chi connectivity index (χ2v) is 9.40. The summed E-state index contributed by atoms with van der Waals surface area (Å²) in [6.07, 6.45) is 1.04. The number of thiophene rings is 1. The number of nitro groups is 1. The van der Waals surface area contributed by atoms with Crippen molar-refractivity contribution in [2.75, 3.05) is 6.61 Å². The first-order valence-electron chi connectivity index (χ1n) is 9.28. The number of nitrogens with zero attached hydrogens (tertiary/aromatic N) is 2. The van der Waals surface area contributed by atoms with E-state index in [0.717, 1.165) is 5.71 Å². The summed E-state index contributed by atoms with van der Waals surface area (Å²) in [4.78, 5) is 42.6. The zero-order valence-electron chi connectivity index (χ0n) is 16.7. The number of ketones is 1. The number of aryl methyl sites for hydroxylation is 1. The summed E-state index contributed by atoms with van der Waals surface area (Å²) in [5.41, 5.74) is 1.42. The number of hydrogen-bond donors (Lipinski definition) is 0. The molecule has 2 aliphatic rings. The van der Waals surface area contributed by atoms with Crippen molar-refractivity contribution in [1.82, 2.24) is 0 Å². The standard InChI is InChI=1S/C20H24N2O5S/c1-6-27-19(24)16-10(2)21-12-8-20(4,5)9-14(23)17(12)18(16)15-7-13(22(25)26)11(3)28-15/h7,17-18H,6,8-9H2,1-5H3/t17-,18-/m0/s1. The van der Waals surface area contributed by atoms with E-state index in [-0.39, 0.29) is 23.5 Å². The summed E-state index contributed by atoms with van der Waals surface area (Å²) in [5, 5.41) is 11.4. The fraction of sp³-hybridized carbons (Fsp3) is 0.550. The van der Waals surface area contributed by atoms with Crippen molar-refractivity contribution in [2.24, 2.45) is 16.3 Å². The molecule has 1 aromatic heterocycles. The smallest absolute Gasteiger partial charge is 0.336 e. The number of esters is 1. The number of allylic oxidation sites excluding steroid dienone is 1. The largest absolute Gasteiger partial charge is 0.463 e. The van der Waals surface area contributed by atoms with Gasteiger partial charge in [0.1, 0.15) is 5.78 Å². The van der Waals surface area contributed by atoms with Gasteiger partial charge in [0.05, 0.1) is 27.9 Å². The Balaban J connectivity index is 2.19. The van der Waals surface area contributed by atoms with Gasteiger partial charge in [-0.05, 0) is 32.6 Å². The van der Waals surface area contributed by atoms with Crippen molar-refractivity contribution in [3.63, 3.8) is 0 Å². The van der Waals surface area contributed by atoms with E-state index in [0.29, 0.717) is 33.9 Å². The van der Waals surface area contributed by atoms with E-state index in [4.69, 9.17) is 4.74 Å². The highest BCUT2D eigenvalue weighted by atomic mass is 32.1. The Morgan fingerprint density at radius 3 is 2.61 bits per heavy atom. The Labute approximate surface area is 167 Å². The molecule has 7 nitrogen and oxygen atoms in total. The van der Waals surface area contributed by atoms with Crippen LogP contribution in [0.15, 0.2) is 22.3 Å². The molecule has 0 amide bonds. The first-order valence-corrected chi connectivity index (χ1v) is 10.1. The fourth-order valence-corrected chi connectivity index (χ4v) is 5.35. The van der Waals surface area contributed by atoms with Crippen molar-refractivity contribution in [1.29, 1.82) is 0 Å². The second kappa shape index (κ2) is 7.24. The monoisotopic (exact) mass is 404 g/mol. The van der Waals surface area contributed by atoms with Crippen molar-refractivity contribution in [3.05, 3.63) is 37.2 Å². The van der Waals surface area contributed by atoms with E-state index in [9.17, 15) is 19.7 Å². The number of carbonyl (C=O) groups is 2. The lowest BCUT2D eigenvalue weighted by Gasteiger charge is -2.40. The highest BCUT2D eigenvalue weighted by Crippen LogP contribution is 2.49. The second-order valence-electron chi connectivity index (χ2n) is 8.11. The van der Waals surface area contributed by atoms with Crippen LogP contribution in [0.25, 0.3) is 0 Å². The van der Waals surface area contributed by atoms with E-state index >= 15 is 0 Å². The molecule has 1 saturated carbocycles. The molecule has 0 radical (unpaired) electrons. The van der Waals surface area contributed by atoms with Gasteiger partial charge in [0.15, 0.2) is 0 Å². The molecule has 0 N–H and O–H groups in total. The van der Waals surface area contributed by atoms with Crippen LogP contribution in [0.5, 0.6) is 0 Å². The molecular formula is C20H24N2O5S. The van der Waals surface area contributed by atoms with Gasteiger partial charge >= 0.3 is 5.97 Å². The first-order chi connectivity index (χ1) is 13.1. The highest BCUT2D eigenvalue weighted by molar-refractivity contribution is 7.12. The van der Waals surface area contributed by atoms with Gasteiger partial charge in [-0.25, -0.2) is 4.79 Å². The maximum atomic E-state index is 13.1. The number of aliphatic imine (C=N–C) groups is 1. The number of ether oxygens (including phenoxy) is 1. The van der Waals surface area contributed by atoms with Crippen LogP contribution in [0.1, 0.15) is 56.2 Å². The minimum absolute atomic E-state index is 0.00788. The van der Waals surface area contributed by atoms with E-state index in [1.807, 2.05) is 13.8 Å². The van der Waals surface area contributed by atoms with Gasteiger partial charge in [-0.2, -0.15) is 0 Å². The average molecular weight is 404 g/mol. The van der Waals surface area contributed by atoms with Gasteiger partial charge < -0.3 is 4.74 Å². The van der Waals surface area contributed by atoms with Crippen LogP contribution in [-0.2, 0) is 14.3 Å². The van der Waals surface area contributed by atoms with Gasteiger partial charge in [0, 0.05) is 34.7 Å². The molecule has 3 rings (SSSR count). The molecule has 0 bridgehead atoms. The summed E-state index contributed by atoms with van der Waals surface area (Å²) in [6, 6.07) is 1.49. The Morgan fingerprint density at radius 1 is 1.36 bits per heavy atom. The van der Waals surface area contributed by atoms with Crippen LogP contribution in [0.4, 0.5) is 5.69 Å². The summed E-state index contributed by atoms with van der Waals surface area (Å²) >= 11 is 1.26. The number of hydrogen-bond acceptors (Lipinski definition) is 7. The molecule has 0 unspecified atom stereocenters. The van der Waals surface area contributed by atoms with Crippen molar-refractivity contribution in [2.45, 2.75) is 53.4 Å². The van der Waals surface area contributed by atoms with Crippen LogP contribution < -0.4 is 0 Å². The molecular weight excluding hydrogens is 380 g/mol. The van der Waals surface area contributed by atoms with Crippen LogP contribution in [0.3, 0.4) is 0 Å². The molecule has 1 aromatic rings. The van der Waals surface area contributed by atoms with Gasteiger partial charge in [-0.1, -0.05) is 13.8 Å². The van der Waals surface area contributed by atoms with E-state index in [1.165, 1.54) is 17.4 Å². The van der Waals surface area contributed by atoms with Crippen LogP contribution in [0, 0.1) is 28.4 Å². The summed E-state index contributed by atoms with van der Waals surface area (Å²) < 4.78 is 5.24. The predicted octanol–water partition coefficient (Wildman–Crippen LogP) is 4.35. The zero-order valence-corrected chi connectivity index (χ0v) is 17.5. The molecule has 0 aromatic carbocycles. The van der Waals surface area contributed by atoms with Crippen molar-refractivity contribution < 1.29 is 19.2 Å². The lowest BCUT2D eigenvalue weighted by Crippen LogP contribution is -2.43. The van der Waals surface area contributed by atoms with Gasteiger partial charge in [-0.3, -0.25) is 19.9 Å². The maximum Gasteiger partial charge on any atom is 0.336 e. The minimum atomic E-state index is -0.590. The van der Waals surface area contributed by atoms with Crippen LogP contribution >= 0.6 is 11.3 Å². The van der Waals surface area contributed by atoms with Crippen LogP contribution in [0.2, 0.25) is 0 Å². The molecule has 1 aliphatic heterocycles. The summed E-state index contributed by atoms with van der Waals surface area (Å²) in [6.45, 7) is 9.39. The Hall–Kier alpha value is -2.35. The third kappa shape index (κ3) is 3.53. The molecule has 1 fully saturated rings. The quantitative estimate of drug-likeness (QED) is 0.422. The van der Waals surface area contributed by atoms with Crippen molar-refractivity contribution in [3.8, 4) is 0 Å². The van der Waals surface area contributed by atoms with E-state index in [2.05, 4.69) is 4.99 Å². The molecule has 8 heteroatoms. The topological polar surface area (TPSA) is 98.9 Å². The lowest BCUT2D eigenvalue weighted by molar-refractivity contribution is -0.385. The summed E-state index contributed by atoms with van der Waals surface area (Å²) in [7, 11) is 0. The summed E-state index contributed by atoms with van der Waals surface area (Å²) in [5.74, 6) is -1.66. The van der Waals surface area contributed by atoms with Crippen molar-refractivity contribution >= 4 is 34.5 Å². The average Bonchev–Trinajstić information content (AvgIpc) is 2.94. The molecule has 0 saturated heterocycles. The third-order valence-electron chi connectivity index (χ3n) is 5.27. The lowest BCUT2D eigenvalue weighted by atomic mass is 9.64. The Bertz CT molecular complexity index is 925. The molecule has 0 spiro atoms. The van der Waals surface area contributed by atoms with E-state index in [1.54, 1.807) is 20.8 Å².